The molecule has 1 unspecified atom stereocenters. The minimum atomic E-state index is -3.58. The molecule has 2 rings (SSSR count). The normalized spacial score (nSPS) is 18.0. The molecule has 0 radical (unpaired) electrons. The second-order valence-corrected chi connectivity index (χ2v) is 7.70. The molecular formula is C15H22N2O4S. The summed E-state index contributed by atoms with van der Waals surface area (Å²) < 4.78 is 31.0. The molecule has 7 heteroatoms. The van der Waals surface area contributed by atoms with Gasteiger partial charge in [-0.25, -0.2) is 8.42 Å². The molecule has 1 atom stereocenters. The van der Waals surface area contributed by atoms with Crippen LogP contribution in [0.1, 0.15) is 25.3 Å². The second kappa shape index (κ2) is 5.98. The Hall–Kier alpha value is -1.44. The molecule has 0 spiro atoms. The highest BCUT2D eigenvalue weighted by molar-refractivity contribution is 7.89. The van der Waals surface area contributed by atoms with Crippen LogP contribution in [0.3, 0.4) is 0 Å². The van der Waals surface area contributed by atoms with Crippen LogP contribution < -0.4 is 5.73 Å². The number of esters is 1. The smallest absolute Gasteiger partial charge is 0.316 e. The van der Waals surface area contributed by atoms with Crippen molar-refractivity contribution in [2.24, 2.45) is 5.73 Å². The summed E-state index contributed by atoms with van der Waals surface area (Å²) in [5.74, 6) is -0.267. The number of hydrogen-bond acceptors (Lipinski definition) is 5. The minimum absolute atomic E-state index is 0.194. The average Bonchev–Trinajstić information content (AvgIpc) is 3.34. The van der Waals surface area contributed by atoms with E-state index in [2.05, 4.69) is 0 Å². The van der Waals surface area contributed by atoms with Crippen LogP contribution in [-0.4, -0.2) is 45.4 Å². The third kappa shape index (κ3) is 2.76. The van der Waals surface area contributed by atoms with E-state index in [1.165, 1.54) is 30.6 Å². The number of hydrogen-bond donors (Lipinski definition) is 1. The van der Waals surface area contributed by atoms with Crippen molar-refractivity contribution in [3.63, 3.8) is 0 Å². The monoisotopic (exact) mass is 326 g/mol. The summed E-state index contributed by atoms with van der Waals surface area (Å²) >= 11 is 0. The number of benzene rings is 1. The zero-order chi connectivity index (χ0) is 16.5. The number of nitrogens with zero attached hydrogens (tertiary/aromatic N) is 1. The number of nitrogens with two attached hydrogens (primary N) is 1. The first kappa shape index (κ1) is 16.9. The molecule has 22 heavy (non-hydrogen) atoms. The largest absolute Gasteiger partial charge is 0.468 e. The summed E-state index contributed by atoms with van der Waals surface area (Å²) in [4.78, 5) is 12.0. The standard InChI is InChI=1S/C15H22N2O4S/c1-11(10-16)17(2)22(19,20)13-6-4-12(5-7-13)15(8-9-15)14(18)21-3/h4-7,11H,8-10,16H2,1-3H3. The molecule has 1 fully saturated rings. The van der Waals surface area contributed by atoms with Gasteiger partial charge in [-0.2, -0.15) is 4.31 Å². The number of carbonyl (C=O) groups is 1. The number of ether oxygens (including phenoxy) is 1. The first-order valence-corrected chi connectivity index (χ1v) is 8.60. The Morgan fingerprint density at radius 2 is 1.91 bits per heavy atom. The van der Waals surface area contributed by atoms with Gasteiger partial charge in [-0.15, -0.1) is 0 Å². The van der Waals surface area contributed by atoms with Gasteiger partial charge in [0.15, 0.2) is 0 Å². The van der Waals surface area contributed by atoms with Gasteiger partial charge in [-0.1, -0.05) is 12.1 Å². The maximum absolute atomic E-state index is 12.5. The lowest BCUT2D eigenvalue weighted by Crippen LogP contribution is -2.39. The van der Waals surface area contributed by atoms with Crippen LogP contribution in [0.15, 0.2) is 29.2 Å². The van der Waals surface area contributed by atoms with Gasteiger partial charge in [0.2, 0.25) is 10.0 Å². The van der Waals surface area contributed by atoms with Gasteiger partial charge < -0.3 is 10.5 Å². The summed E-state index contributed by atoms with van der Waals surface area (Å²) in [5, 5.41) is 0. The van der Waals surface area contributed by atoms with Crippen LogP contribution in [0.5, 0.6) is 0 Å². The van der Waals surface area contributed by atoms with Crippen LogP contribution in [0, 0.1) is 0 Å². The van der Waals surface area contributed by atoms with Crippen molar-refractivity contribution in [1.29, 1.82) is 0 Å². The average molecular weight is 326 g/mol. The van der Waals surface area contributed by atoms with E-state index in [0.29, 0.717) is 0 Å². The van der Waals surface area contributed by atoms with Crippen LogP contribution in [0.4, 0.5) is 0 Å². The predicted octanol–water partition coefficient (Wildman–Crippen LogP) is 0.859. The summed E-state index contributed by atoms with van der Waals surface area (Å²) in [6, 6.07) is 6.17. The lowest BCUT2D eigenvalue weighted by atomic mass is 9.96. The Morgan fingerprint density at radius 1 is 1.36 bits per heavy atom. The first-order chi connectivity index (χ1) is 10.3. The quantitative estimate of drug-likeness (QED) is 0.783. The van der Waals surface area contributed by atoms with Crippen molar-refractivity contribution in [3.05, 3.63) is 29.8 Å². The van der Waals surface area contributed by atoms with E-state index >= 15 is 0 Å². The Labute approximate surface area is 131 Å². The highest BCUT2D eigenvalue weighted by Gasteiger charge is 2.52. The topological polar surface area (TPSA) is 89.7 Å². The van der Waals surface area contributed by atoms with Gasteiger partial charge in [-0.05, 0) is 37.5 Å². The maximum atomic E-state index is 12.5. The number of rotatable bonds is 6. The van der Waals surface area contributed by atoms with Crippen molar-refractivity contribution >= 4 is 16.0 Å². The van der Waals surface area contributed by atoms with Gasteiger partial charge in [0.05, 0.1) is 17.4 Å². The van der Waals surface area contributed by atoms with Crippen LogP contribution in [0.2, 0.25) is 0 Å². The van der Waals surface area contributed by atoms with Crippen molar-refractivity contribution in [2.75, 3.05) is 20.7 Å². The van der Waals surface area contributed by atoms with Crippen molar-refractivity contribution in [1.82, 2.24) is 4.31 Å². The van der Waals surface area contributed by atoms with Crippen molar-refractivity contribution in [3.8, 4) is 0 Å². The van der Waals surface area contributed by atoms with Gasteiger partial charge in [-0.3, -0.25) is 4.79 Å². The third-order valence-corrected chi connectivity index (χ3v) is 6.36. The lowest BCUT2D eigenvalue weighted by molar-refractivity contribution is -0.143. The minimum Gasteiger partial charge on any atom is -0.468 e. The molecule has 1 aliphatic rings. The lowest BCUT2D eigenvalue weighted by Gasteiger charge is -2.23. The molecule has 0 bridgehead atoms. The summed E-state index contributed by atoms with van der Waals surface area (Å²) in [6.45, 7) is 2.00. The molecule has 1 aromatic carbocycles. The van der Waals surface area contributed by atoms with Gasteiger partial charge in [0.25, 0.3) is 0 Å². The predicted molar refractivity (Wildman–Crippen MR) is 82.8 cm³/mol. The van der Waals surface area contributed by atoms with E-state index in [-0.39, 0.29) is 23.5 Å². The zero-order valence-corrected chi connectivity index (χ0v) is 13.9. The number of carbonyl (C=O) groups excluding carboxylic acids is 1. The number of methoxy groups -OCH3 is 1. The van der Waals surface area contributed by atoms with E-state index < -0.39 is 15.4 Å². The Bertz CT molecular complexity index is 651. The summed E-state index contributed by atoms with van der Waals surface area (Å²) in [5.41, 5.74) is 5.74. The molecule has 0 heterocycles. The van der Waals surface area contributed by atoms with E-state index in [9.17, 15) is 13.2 Å². The Balaban J connectivity index is 2.28. The zero-order valence-electron chi connectivity index (χ0n) is 13.1. The van der Waals surface area contributed by atoms with E-state index in [1.807, 2.05) is 0 Å². The van der Waals surface area contributed by atoms with Gasteiger partial charge in [0, 0.05) is 19.6 Å². The van der Waals surface area contributed by atoms with E-state index in [4.69, 9.17) is 10.5 Å². The van der Waals surface area contributed by atoms with Crippen molar-refractivity contribution < 1.29 is 17.9 Å². The number of likely N-dealkylation sites (N-methyl/N-ethyl adjacent to an activating group) is 1. The van der Waals surface area contributed by atoms with Crippen LogP contribution >= 0.6 is 0 Å². The van der Waals surface area contributed by atoms with Gasteiger partial charge in [0.1, 0.15) is 0 Å². The second-order valence-electron chi connectivity index (χ2n) is 5.70. The molecule has 1 aromatic rings. The summed E-state index contributed by atoms with van der Waals surface area (Å²) in [6.07, 6.45) is 1.46. The number of sulfonamides is 1. The van der Waals surface area contributed by atoms with Crippen LogP contribution in [-0.2, 0) is 25.0 Å². The maximum Gasteiger partial charge on any atom is 0.316 e. The molecular weight excluding hydrogens is 304 g/mol. The fraction of sp³-hybridized carbons (Fsp3) is 0.533. The fourth-order valence-electron chi connectivity index (χ4n) is 2.43. The highest BCUT2D eigenvalue weighted by Crippen LogP contribution is 2.49. The fourth-order valence-corrected chi connectivity index (χ4v) is 3.80. The molecule has 0 saturated heterocycles. The molecule has 6 nitrogen and oxygen atoms in total. The Morgan fingerprint density at radius 3 is 2.32 bits per heavy atom. The molecule has 2 N–H and O–H groups in total. The molecule has 0 aromatic heterocycles. The summed E-state index contributed by atoms with van der Waals surface area (Å²) in [7, 11) is -0.704. The van der Waals surface area contributed by atoms with Crippen LogP contribution in [0.25, 0.3) is 0 Å². The van der Waals surface area contributed by atoms with Gasteiger partial charge >= 0.3 is 5.97 Å². The van der Waals surface area contributed by atoms with Crippen molar-refractivity contribution in [2.45, 2.75) is 36.1 Å². The third-order valence-electron chi connectivity index (χ3n) is 4.37. The van der Waals surface area contributed by atoms with E-state index in [0.717, 1.165) is 18.4 Å². The molecule has 0 aliphatic heterocycles. The Kier molecular flexibility index (Phi) is 4.60. The SMILES string of the molecule is COC(=O)C1(c2ccc(S(=O)(=O)N(C)C(C)CN)cc2)CC1. The molecule has 122 valence electrons. The molecule has 1 saturated carbocycles. The molecule has 1 aliphatic carbocycles. The molecule has 0 amide bonds. The first-order valence-electron chi connectivity index (χ1n) is 7.16. The van der Waals surface area contributed by atoms with E-state index in [1.54, 1.807) is 19.1 Å². The highest BCUT2D eigenvalue weighted by atomic mass is 32.2.